The molecule has 0 aromatic heterocycles. The number of piperidine rings is 1. The second-order valence-corrected chi connectivity index (χ2v) is 9.52. The molecule has 0 unspecified atom stereocenters. The summed E-state index contributed by atoms with van der Waals surface area (Å²) < 4.78 is 31.7. The number of nitrogens with zero attached hydrogens (tertiary/aromatic N) is 1. The molecule has 1 heterocycles. The SMILES string of the molecule is COC(=O)c1ccc(C)c(NC(=O)C2CCN(S(=O)(=O)c3ccc(Cl)cc3)CC2)c1. The Hall–Kier alpha value is -2.42. The fraction of sp³-hybridized carbons (Fsp3) is 0.333. The Labute approximate surface area is 181 Å². The zero-order chi connectivity index (χ0) is 21.9. The maximum absolute atomic E-state index is 12.8. The minimum Gasteiger partial charge on any atom is -0.465 e. The number of anilines is 1. The van der Waals surface area contributed by atoms with Crippen molar-refractivity contribution in [3.63, 3.8) is 0 Å². The lowest BCUT2D eigenvalue weighted by atomic mass is 9.97. The largest absolute Gasteiger partial charge is 0.465 e. The molecule has 1 N–H and O–H groups in total. The van der Waals surface area contributed by atoms with Crippen LogP contribution in [0.4, 0.5) is 5.69 Å². The van der Waals surface area contributed by atoms with E-state index < -0.39 is 16.0 Å². The van der Waals surface area contributed by atoms with Gasteiger partial charge < -0.3 is 10.1 Å². The number of nitrogens with one attached hydrogen (secondary N) is 1. The number of esters is 1. The number of halogens is 1. The summed E-state index contributed by atoms with van der Waals surface area (Å²) in [6.07, 6.45) is 0.822. The van der Waals surface area contributed by atoms with Crippen molar-refractivity contribution < 1.29 is 22.7 Å². The van der Waals surface area contributed by atoms with Crippen molar-refractivity contribution >= 4 is 39.2 Å². The van der Waals surface area contributed by atoms with Crippen molar-refractivity contribution in [3.05, 3.63) is 58.6 Å². The number of carbonyl (C=O) groups excluding carboxylic acids is 2. The van der Waals surface area contributed by atoms with Crippen LogP contribution in [-0.4, -0.2) is 44.8 Å². The molecule has 7 nitrogen and oxygen atoms in total. The molecule has 2 aromatic rings. The average Bonchev–Trinajstić information content (AvgIpc) is 2.75. The molecule has 1 saturated heterocycles. The van der Waals surface area contributed by atoms with Crippen molar-refractivity contribution in [1.29, 1.82) is 0 Å². The highest BCUT2D eigenvalue weighted by Gasteiger charge is 2.32. The first-order valence-electron chi connectivity index (χ1n) is 9.48. The Kier molecular flexibility index (Phi) is 6.80. The highest BCUT2D eigenvalue weighted by molar-refractivity contribution is 7.89. The molecule has 1 aliphatic rings. The summed E-state index contributed by atoms with van der Waals surface area (Å²) in [6.45, 7) is 2.34. The highest BCUT2D eigenvalue weighted by atomic mass is 35.5. The van der Waals surface area contributed by atoms with Crippen molar-refractivity contribution in [2.75, 3.05) is 25.5 Å². The van der Waals surface area contributed by atoms with E-state index in [9.17, 15) is 18.0 Å². The monoisotopic (exact) mass is 450 g/mol. The van der Waals surface area contributed by atoms with Gasteiger partial charge in [-0.3, -0.25) is 4.79 Å². The molecule has 1 amide bonds. The van der Waals surface area contributed by atoms with Crippen molar-refractivity contribution in [1.82, 2.24) is 4.31 Å². The number of amides is 1. The normalized spacial score (nSPS) is 15.6. The molecule has 9 heteroatoms. The number of benzene rings is 2. The smallest absolute Gasteiger partial charge is 0.337 e. The lowest BCUT2D eigenvalue weighted by Gasteiger charge is -2.30. The van der Waals surface area contributed by atoms with Gasteiger partial charge in [0.1, 0.15) is 0 Å². The van der Waals surface area contributed by atoms with Crippen LogP contribution in [0.5, 0.6) is 0 Å². The van der Waals surface area contributed by atoms with Crippen LogP contribution >= 0.6 is 11.6 Å². The Balaban J connectivity index is 1.64. The Morgan fingerprint density at radius 2 is 1.73 bits per heavy atom. The third-order valence-corrected chi connectivity index (χ3v) is 7.36. The van der Waals surface area contributed by atoms with Crippen molar-refractivity contribution in [3.8, 4) is 0 Å². The number of ether oxygens (including phenoxy) is 1. The summed E-state index contributed by atoms with van der Waals surface area (Å²) in [5.41, 5.74) is 1.71. The molecule has 1 fully saturated rings. The zero-order valence-electron chi connectivity index (χ0n) is 16.7. The van der Waals surface area contributed by atoms with Gasteiger partial charge >= 0.3 is 5.97 Å². The molecule has 160 valence electrons. The van der Waals surface area contributed by atoms with E-state index >= 15 is 0 Å². The van der Waals surface area contributed by atoms with E-state index in [0.29, 0.717) is 29.1 Å². The molecule has 0 aliphatic carbocycles. The summed E-state index contributed by atoms with van der Waals surface area (Å²) in [4.78, 5) is 24.6. The summed E-state index contributed by atoms with van der Waals surface area (Å²) in [7, 11) is -2.32. The van der Waals surface area contributed by atoms with E-state index in [0.717, 1.165) is 5.56 Å². The van der Waals surface area contributed by atoms with Gasteiger partial charge in [0.2, 0.25) is 15.9 Å². The molecule has 1 aliphatic heterocycles. The second kappa shape index (κ2) is 9.16. The van der Waals surface area contributed by atoms with Crippen LogP contribution in [-0.2, 0) is 19.6 Å². The number of aryl methyl sites for hydroxylation is 1. The minimum absolute atomic E-state index is 0.185. The highest BCUT2D eigenvalue weighted by Crippen LogP contribution is 2.26. The number of carbonyl (C=O) groups is 2. The molecule has 30 heavy (non-hydrogen) atoms. The van der Waals surface area contributed by atoms with Gasteiger partial charge in [-0.2, -0.15) is 4.31 Å². The second-order valence-electron chi connectivity index (χ2n) is 7.14. The summed E-state index contributed by atoms with van der Waals surface area (Å²) in [6, 6.07) is 11.0. The van der Waals surface area contributed by atoms with Crippen LogP contribution in [0, 0.1) is 12.8 Å². The van der Waals surface area contributed by atoms with Crippen LogP contribution in [0.3, 0.4) is 0 Å². The van der Waals surface area contributed by atoms with Crippen LogP contribution < -0.4 is 5.32 Å². The standard InChI is InChI=1S/C21H23ClN2O5S/c1-14-3-4-16(21(26)29-2)13-19(14)23-20(25)15-9-11-24(12-10-15)30(27,28)18-7-5-17(22)6-8-18/h3-8,13,15H,9-12H2,1-2H3,(H,23,25). The molecule has 2 aromatic carbocycles. The van der Waals surface area contributed by atoms with Crippen LogP contribution in [0.15, 0.2) is 47.4 Å². The summed E-state index contributed by atoms with van der Waals surface area (Å²) >= 11 is 5.84. The first-order valence-corrected chi connectivity index (χ1v) is 11.3. The molecule has 0 spiro atoms. The zero-order valence-corrected chi connectivity index (χ0v) is 18.3. The van der Waals surface area contributed by atoms with Crippen LogP contribution in [0.2, 0.25) is 5.02 Å². The fourth-order valence-corrected chi connectivity index (χ4v) is 4.95. The van der Waals surface area contributed by atoms with Gasteiger partial charge in [0.15, 0.2) is 0 Å². The Morgan fingerprint density at radius 1 is 1.10 bits per heavy atom. The lowest BCUT2D eigenvalue weighted by molar-refractivity contribution is -0.120. The topological polar surface area (TPSA) is 92.8 Å². The van der Waals surface area contributed by atoms with Crippen LogP contribution in [0.25, 0.3) is 0 Å². The Bertz CT molecular complexity index is 1050. The van der Waals surface area contributed by atoms with E-state index in [1.807, 2.05) is 6.92 Å². The van der Waals surface area contributed by atoms with Gasteiger partial charge in [0.05, 0.1) is 17.6 Å². The quantitative estimate of drug-likeness (QED) is 0.704. The number of hydrogen-bond acceptors (Lipinski definition) is 5. The van der Waals surface area contributed by atoms with E-state index in [4.69, 9.17) is 16.3 Å². The fourth-order valence-electron chi connectivity index (χ4n) is 3.35. The molecule has 0 bridgehead atoms. The van der Waals surface area contributed by atoms with Crippen molar-refractivity contribution in [2.45, 2.75) is 24.7 Å². The number of rotatable bonds is 5. The third kappa shape index (κ3) is 4.83. The lowest BCUT2D eigenvalue weighted by Crippen LogP contribution is -2.41. The molecule has 0 radical (unpaired) electrons. The first kappa shape index (κ1) is 22.3. The van der Waals surface area contributed by atoms with Gasteiger partial charge in [-0.05, 0) is 61.7 Å². The number of methoxy groups -OCH3 is 1. The Morgan fingerprint density at radius 3 is 2.33 bits per heavy atom. The van der Waals surface area contributed by atoms with Gasteiger partial charge in [0.25, 0.3) is 0 Å². The van der Waals surface area contributed by atoms with Gasteiger partial charge in [-0.1, -0.05) is 17.7 Å². The number of sulfonamides is 1. The minimum atomic E-state index is -3.62. The molecular formula is C21H23ClN2O5S. The van der Waals surface area contributed by atoms with E-state index in [2.05, 4.69) is 5.32 Å². The van der Waals surface area contributed by atoms with E-state index in [1.165, 1.54) is 23.5 Å². The average molecular weight is 451 g/mol. The predicted octanol–water partition coefficient (Wildman–Crippen LogP) is 3.47. The maximum atomic E-state index is 12.8. The first-order chi connectivity index (χ1) is 14.2. The van der Waals surface area contributed by atoms with Crippen molar-refractivity contribution in [2.24, 2.45) is 5.92 Å². The molecular weight excluding hydrogens is 428 g/mol. The molecule has 0 saturated carbocycles. The van der Waals surface area contributed by atoms with E-state index in [1.54, 1.807) is 30.3 Å². The predicted molar refractivity (Wildman–Crippen MR) is 114 cm³/mol. The van der Waals surface area contributed by atoms with Gasteiger partial charge in [-0.25, -0.2) is 13.2 Å². The summed E-state index contributed by atoms with van der Waals surface area (Å²) in [5.74, 6) is -0.988. The molecule has 0 atom stereocenters. The summed E-state index contributed by atoms with van der Waals surface area (Å²) in [5, 5.41) is 3.33. The third-order valence-electron chi connectivity index (χ3n) is 5.19. The van der Waals surface area contributed by atoms with E-state index in [-0.39, 0.29) is 29.8 Å². The maximum Gasteiger partial charge on any atom is 0.337 e. The van der Waals surface area contributed by atoms with Crippen LogP contribution in [0.1, 0.15) is 28.8 Å². The van der Waals surface area contributed by atoms with Gasteiger partial charge in [-0.15, -0.1) is 0 Å². The van der Waals surface area contributed by atoms with Gasteiger partial charge in [0, 0.05) is 29.7 Å². The number of hydrogen-bond donors (Lipinski definition) is 1. The molecule has 3 rings (SSSR count).